The molecule has 0 saturated heterocycles. The monoisotopic (exact) mass is 222 g/mol. The Morgan fingerprint density at radius 1 is 1.31 bits per heavy atom. The number of hydrogen-bond donors (Lipinski definition) is 2. The summed E-state index contributed by atoms with van der Waals surface area (Å²) in [6.07, 6.45) is -0.142. The fraction of sp³-hybridized carbons (Fsp3) is 0.462. The highest BCUT2D eigenvalue weighted by atomic mass is 16.4. The second kappa shape index (κ2) is 4.16. The third-order valence-corrected chi connectivity index (χ3v) is 2.59. The van der Waals surface area contributed by atoms with Gasteiger partial charge in [0.1, 0.15) is 5.75 Å². The van der Waals surface area contributed by atoms with Gasteiger partial charge in [-0.15, -0.1) is 0 Å². The van der Waals surface area contributed by atoms with E-state index in [1.807, 2.05) is 6.07 Å². The van der Waals surface area contributed by atoms with Crippen LogP contribution in [0.15, 0.2) is 12.1 Å². The van der Waals surface area contributed by atoms with E-state index in [1.54, 1.807) is 13.0 Å². The number of carboxylic acids is 1. The Labute approximate surface area is 95.7 Å². The van der Waals surface area contributed by atoms with Crippen molar-refractivity contribution in [1.29, 1.82) is 0 Å². The molecule has 88 valence electrons. The van der Waals surface area contributed by atoms with E-state index in [4.69, 9.17) is 5.11 Å². The normalized spacial score (nSPS) is 11.5. The summed E-state index contributed by atoms with van der Waals surface area (Å²) in [5, 5.41) is 18.5. The zero-order valence-electron chi connectivity index (χ0n) is 10.2. The van der Waals surface area contributed by atoms with E-state index in [0.29, 0.717) is 5.56 Å². The van der Waals surface area contributed by atoms with E-state index in [9.17, 15) is 9.90 Å². The molecule has 0 heterocycles. The number of hydrogen-bond acceptors (Lipinski definition) is 2. The van der Waals surface area contributed by atoms with Gasteiger partial charge in [-0.2, -0.15) is 0 Å². The lowest BCUT2D eigenvalue weighted by molar-refractivity contribution is -0.136. The van der Waals surface area contributed by atoms with Crippen molar-refractivity contribution >= 4 is 5.97 Å². The highest BCUT2D eigenvalue weighted by Gasteiger charge is 2.18. The molecule has 0 saturated carbocycles. The number of carboxylic acid groups (broad SMARTS) is 1. The summed E-state index contributed by atoms with van der Waals surface area (Å²) in [5.74, 6) is -0.837. The summed E-state index contributed by atoms with van der Waals surface area (Å²) in [5.41, 5.74) is 2.20. The standard InChI is InChI=1S/C13H18O3/c1-8-5-10(13(2,3)4)6-9(12(8)16)7-11(14)15/h5-6,16H,7H2,1-4H3,(H,14,15). The maximum absolute atomic E-state index is 10.7. The molecule has 16 heavy (non-hydrogen) atoms. The minimum Gasteiger partial charge on any atom is -0.507 e. The number of rotatable bonds is 2. The van der Waals surface area contributed by atoms with Crippen LogP contribution in [-0.2, 0) is 16.6 Å². The molecule has 3 heteroatoms. The number of aryl methyl sites for hydroxylation is 1. The van der Waals surface area contributed by atoms with Crippen molar-refractivity contribution in [2.24, 2.45) is 0 Å². The Morgan fingerprint density at radius 3 is 2.31 bits per heavy atom. The van der Waals surface area contributed by atoms with Gasteiger partial charge >= 0.3 is 5.97 Å². The Morgan fingerprint density at radius 2 is 1.88 bits per heavy atom. The first-order valence-electron chi connectivity index (χ1n) is 5.26. The van der Waals surface area contributed by atoms with Crippen LogP contribution in [0.4, 0.5) is 0 Å². The second-order valence-corrected chi connectivity index (χ2v) is 5.12. The fourth-order valence-corrected chi connectivity index (χ4v) is 1.58. The molecule has 0 amide bonds. The fourth-order valence-electron chi connectivity index (χ4n) is 1.58. The molecule has 1 aromatic carbocycles. The van der Waals surface area contributed by atoms with E-state index in [0.717, 1.165) is 11.1 Å². The van der Waals surface area contributed by atoms with Crippen LogP contribution in [0.5, 0.6) is 5.75 Å². The molecule has 2 N–H and O–H groups in total. The van der Waals surface area contributed by atoms with Gasteiger partial charge in [0.05, 0.1) is 6.42 Å². The molecule has 1 rings (SSSR count). The van der Waals surface area contributed by atoms with Crippen LogP contribution < -0.4 is 0 Å². The van der Waals surface area contributed by atoms with Crippen molar-refractivity contribution in [3.8, 4) is 5.75 Å². The van der Waals surface area contributed by atoms with Crippen LogP contribution in [0.3, 0.4) is 0 Å². The molecule has 0 aliphatic rings. The van der Waals surface area contributed by atoms with E-state index < -0.39 is 5.97 Å². The van der Waals surface area contributed by atoms with Crippen molar-refractivity contribution in [2.45, 2.75) is 39.5 Å². The molecule has 0 unspecified atom stereocenters. The summed E-state index contributed by atoms with van der Waals surface area (Å²) in [6.45, 7) is 7.96. The van der Waals surface area contributed by atoms with E-state index in [-0.39, 0.29) is 17.6 Å². The highest BCUT2D eigenvalue weighted by Crippen LogP contribution is 2.30. The van der Waals surface area contributed by atoms with Crippen LogP contribution in [0.1, 0.15) is 37.5 Å². The third-order valence-electron chi connectivity index (χ3n) is 2.59. The molecule has 3 nitrogen and oxygen atoms in total. The molecular weight excluding hydrogens is 204 g/mol. The van der Waals surface area contributed by atoms with Gasteiger partial charge in [-0.05, 0) is 23.5 Å². The Bertz CT molecular complexity index is 414. The molecular formula is C13H18O3. The van der Waals surface area contributed by atoms with E-state index in [2.05, 4.69) is 20.8 Å². The first-order valence-corrected chi connectivity index (χ1v) is 5.26. The Balaban J connectivity index is 3.27. The minimum atomic E-state index is -0.930. The molecule has 0 bridgehead atoms. The molecule has 0 aromatic heterocycles. The van der Waals surface area contributed by atoms with Crippen LogP contribution in [0.2, 0.25) is 0 Å². The van der Waals surface area contributed by atoms with Gasteiger partial charge in [0.15, 0.2) is 0 Å². The number of phenols is 1. The molecule has 0 fully saturated rings. The smallest absolute Gasteiger partial charge is 0.307 e. The Kier molecular flexibility index (Phi) is 3.27. The van der Waals surface area contributed by atoms with Gasteiger partial charge in [0.25, 0.3) is 0 Å². The quantitative estimate of drug-likeness (QED) is 0.808. The molecule has 0 aliphatic carbocycles. The van der Waals surface area contributed by atoms with Gasteiger partial charge in [-0.25, -0.2) is 0 Å². The van der Waals surface area contributed by atoms with Gasteiger partial charge in [0.2, 0.25) is 0 Å². The van der Waals surface area contributed by atoms with Crippen molar-refractivity contribution in [1.82, 2.24) is 0 Å². The molecule has 1 aromatic rings. The maximum Gasteiger partial charge on any atom is 0.307 e. The molecule has 0 spiro atoms. The molecule has 0 atom stereocenters. The number of benzene rings is 1. The number of aliphatic carboxylic acids is 1. The summed E-state index contributed by atoms with van der Waals surface area (Å²) >= 11 is 0. The van der Waals surface area contributed by atoms with Crippen molar-refractivity contribution < 1.29 is 15.0 Å². The largest absolute Gasteiger partial charge is 0.507 e. The van der Waals surface area contributed by atoms with Crippen LogP contribution in [-0.4, -0.2) is 16.2 Å². The van der Waals surface area contributed by atoms with Gasteiger partial charge in [-0.3, -0.25) is 4.79 Å². The van der Waals surface area contributed by atoms with Crippen molar-refractivity contribution in [2.75, 3.05) is 0 Å². The minimum absolute atomic E-state index is 0.0499. The number of phenolic OH excluding ortho intramolecular Hbond substituents is 1. The number of carbonyl (C=O) groups is 1. The van der Waals surface area contributed by atoms with E-state index >= 15 is 0 Å². The average Bonchev–Trinajstić information content (AvgIpc) is 2.10. The Hall–Kier alpha value is -1.51. The van der Waals surface area contributed by atoms with Crippen LogP contribution >= 0.6 is 0 Å². The first-order chi connectivity index (χ1) is 7.21. The number of aromatic hydroxyl groups is 1. The first kappa shape index (κ1) is 12.6. The lowest BCUT2D eigenvalue weighted by Gasteiger charge is -2.21. The van der Waals surface area contributed by atoms with Gasteiger partial charge in [0, 0.05) is 5.56 Å². The lowest BCUT2D eigenvalue weighted by Crippen LogP contribution is -2.13. The SMILES string of the molecule is Cc1cc(C(C)(C)C)cc(CC(=O)O)c1O. The predicted molar refractivity (Wildman–Crippen MR) is 62.9 cm³/mol. The summed E-state index contributed by atoms with van der Waals surface area (Å²) in [4.78, 5) is 10.7. The van der Waals surface area contributed by atoms with Crippen LogP contribution in [0.25, 0.3) is 0 Å². The van der Waals surface area contributed by atoms with Gasteiger partial charge < -0.3 is 10.2 Å². The van der Waals surface area contributed by atoms with Crippen molar-refractivity contribution in [3.63, 3.8) is 0 Å². The summed E-state index contributed by atoms with van der Waals surface area (Å²) in [7, 11) is 0. The third kappa shape index (κ3) is 2.75. The van der Waals surface area contributed by atoms with E-state index in [1.165, 1.54) is 0 Å². The predicted octanol–water partition coefficient (Wildman–Crippen LogP) is 2.63. The molecule has 0 radical (unpaired) electrons. The van der Waals surface area contributed by atoms with Crippen LogP contribution in [0, 0.1) is 6.92 Å². The topological polar surface area (TPSA) is 57.5 Å². The second-order valence-electron chi connectivity index (χ2n) is 5.12. The average molecular weight is 222 g/mol. The lowest BCUT2D eigenvalue weighted by atomic mass is 9.84. The summed E-state index contributed by atoms with van der Waals surface area (Å²) < 4.78 is 0. The highest BCUT2D eigenvalue weighted by molar-refractivity contribution is 5.71. The zero-order chi connectivity index (χ0) is 12.5. The molecule has 0 aliphatic heterocycles. The zero-order valence-corrected chi connectivity index (χ0v) is 10.2. The van der Waals surface area contributed by atoms with Gasteiger partial charge in [-0.1, -0.05) is 32.9 Å². The summed E-state index contributed by atoms with van der Waals surface area (Å²) in [6, 6.07) is 3.68. The maximum atomic E-state index is 10.7. The van der Waals surface area contributed by atoms with Crippen molar-refractivity contribution in [3.05, 3.63) is 28.8 Å².